The van der Waals surface area contributed by atoms with Crippen LogP contribution >= 0.6 is 0 Å². The molecule has 140 valence electrons. The molecule has 26 heavy (non-hydrogen) atoms. The highest BCUT2D eigenvalue weighted by molar-refractivity contribution is 5.80. The number of rotatable bonds is 2. The van der Waals surface area contributed by atoms with Gasteiger partial charge in [0.05, 0.1) is 12.2 Å². The Labute approximate surface area is 155 Å². The Morgan fingerprint density at radius 2 is 2.08 bits per heavy atom. The van der Waals surface area contributed by atoms with E-state index in [1.165, 1.54) is 6.42 Å². The molecule has 4 heterocycles. The van der Waals surface area contributed by atoms with Crippen LogP contribution in [0.4, 0.5) is 0 Å². The molecule has 1 saturated carbocycles. The molecule has 5 heteroatoms. The van der Waals surface area contributed by atoms with Crippen LogP contribution in [0.3, 0.4) is 0 Å². The van der Waals surface area contributed by atoms with Gasteiger partial charge in [0.1, 0.15) is 5.60 Å². The van der Waals surface area contributed by atoms with E-state index in [0.29, 0.717) is 18.4 Å². The molecule has 1 aliphatic carbocycles. The number of aromatic nitrogens is 1. The van der Waals surface area contributed by atoms with Gasteiger partial charge in [0.25, 0.3) is 0 Å². The predicted octanol–water partition coefficient (Wildman–Crippen LogP) is 3.34. The Morgan fingerprint density at radius 1 is 1.23 bits per heavy atom. The van der Waals surface area contributed by atoms with E-state index < -0.39 is 5.79 Å². The minimum Gasteiger partial charge on any atom is -0.338 e. The summed E-state index contributed by atoms with van der Waals surface area (Å²) < 4.78 is 13.3. The van der Waals surface area contributed by atoms with Crippen molar-refractivity contribution >= 4 is 5.91 Å². The number of hydrogen-bond acceptors (Lipinski definition) is 4. The zero-order valence-corrected chi connectivity index (χ0v) is 15.9. The maximum atomic E-state index is 13.3. The second kappa shape index (κ2) is 5.52. The first-order chi connectivity index (χ1) is 12.4. The summed E-state index contributed by atoms with van der Waals surface area (Å²) in [6, 6.07) is 5.85. The Kier molecular flexibility index (Phi) is 3.55. The number of pyridine rings is 1. The molecule has 1 amide bonds. The van der Waals surface area contributed by atoms with Crippen molar-refractivity contribution in [3.8, 4) is 0 Å². The van der Waals surface area contributed by atoms with E-state index >= 15 is 0 Å². The van der Waals surface area contributed by atoms with E-state index in [0.717, 1.165) is 25.0 Å². The van der Waals surface area contributed by atoms with Gasteiger partial charge in [-0.3, -0.25) is 9.78 Å². The molecule has 7 atom stereocenters. The molecule has 3 aliphatic heterocycles. The van der Waals surface area contributed by atoms with Gasteiger partial charge in [-0.15, -0.1) is 0 Å². The molecule has 2 bridgehead atoms. The van der Waals surface area contributed by atoms with Gasteiger partial charge >= 0.3 is 0 Å². The van der Waals surface area contributed by atoms with Crippen molar-refractivity contribution in [2.45, 2.75) is 70.6 Å². The number of piperidine rings is 1. The van der Waals surface area contributed by atoms with Crippen molar-refractivity contribution in [3.63, 3.8) is 0 Å². The molecule has 0 aromatic carbocycles. The quantitative estimate of drug-likeness (QED) is 0.815. The van der Waals surface area contributed by atoms with Crippen molar-refractivity contribution < 1.29 is 14.3 Å². The molecule has 5 nitrogen and oxygen atoms in total. The number of carbonyl (C=O) groups excluding carboxylic acids is 1. The first-order valence-corrected chi connectivity index (χ1v) is 10.0. The van der Waals surface area contributed by atoms with E-state index in [9.17, 15) is 4.79 Å². The van der Waals surface area contributed by atoms with Gasteiger partial charge in [-0.2, -0.15) is 0 Å². The van der Waals surface area contributed by atoms with Gasteiger partial charge in [0, 0.05) is 24.5 Å². The maximum Gasteiger partial charge on any atom is 0.228 e. The summed E-state index contributed by atoms with van der Waals surface area (Å²) >= 11 is 0. The van der Waals surface area contributed by atoms with Crippen LogP contribution in [0.15, 0.2) is 24.4 Å². The van der Waals surface area contributed by atoms with Crippen LogP contribution in [-0.2, 0) is 20.8 Å². The Hall–Kier alpha value is -1.46. The summed E-state index contributed by atoms with van der Waals surface area (Å²) in [5.74, 6) is 0.908. The minimum absolute atomic E-state index is 0.0333. The van der Waals surface area contributed by atoms with Crippen molar-refractivity contribution in [1.29, 1.82) is 0 Å². The predicted molar refractivity (Wildman–Crippen MR) is 95.7 cm³/mol. The van der Waals surface area contributed by atoms with Gasteiger partial charge in [-0.05, 0) is 50.2 Å². The average Bonchev–Trinajstić information content (AvgIpc) is 2.86. The lowest BCUT2D eigenvalue weighted by Gasteiger charge is -2.59. The molecule has 4 fully saturated rings. The standard InChI is InChI=1S/C21H28N2O3/c1-13-7-8-17-14(2)18(24)23(12-15-6-4-5-11-22-15)19-21(17)16(13)9-10-20(3,25-19)26-21/h4-6,11,13-14,16-17,19H,7-10,12H2,1-3H3/t13-,14+,16-,17-,19-,20-,21+/m0/s1. The second-order valence-corrected chi connectivity index (χ2v) is 8.94. The Bertz CT molecular complexity index is 725. The van der Waals surface area contributed by atoms with Crippen LogP contribution in [0.25, 0.3) is 0 Å². The minimum atomic E-state index is -0.566. The molecule has 0 unspecified atom stereocenters. The third-order valence-electron chi connectivity index (χ3n) is 7.45. The molecule has 1 aromatic rings. The van der Waals surface area contributed by atoms with E-state index in [-0.39, 0.29) is 29.6 Å². The zero-order chi connectivity index (χ0) is 18.1. The zero-order valence-electron chi connectivity index (χ0n) is 15.9. The SMILES string of the molecule is C[C@H]1CC[C@H]2[C@@H](C)C(=O)N(Cc3ccccn3)[C@H]3O[C@]4(C)CC[C@@H]1[C@]32O4. The maximum absolute atomic E-state index is 13.3. The number of carbonyl (C=O) groups is 1. The molecule has 1 spiro atoms. The van der Waals surface area contributed by atoms with Gasteiger partial charge < -0.3 is 14.4 Å². The fourth-order valence-electron chi connectivity index (χ4n) is 6.25. The lowest BCUT2D eigenvalue weighted by atomic mass is 9.56. The number of fused-ring (bicyclic) bond motifs is 1. The molecule has 5 rings (SSSR count). The van der Waals surface area contributed by atoms with Crippen LogP contribution in [0.2, 0.25) is 0 Å². The van der Waals surface area contributed by atoms with E-state index in [2.05, 4.69) is 25.8 Å². The van der Waals surface area contributed by atoms with Gasteiger partial charge in [-0.25, -0.2) is 0 Å². The highest BCUT2D eigenvalue weighted by Crippen LogP contribution is 2.63. The van der Waals surface area contributed by atoms with Crippen molar-refractivity contribution in [2.75, 3.05) is 0 Å². The van der Waals surface area contributed by atoms with Crippen LogP contribution < -0.4 is 0 Å². The van der Waals surface area contributed by atoms with Crippen LogP contribution in [0, 0.1) is 23.7 Å². The average molecular weight is 356 g/mol. The normalized spacial score (nSPS) is 47.0. The smallest absolute Gasteiger partial charge is 0.228 e. The fraction of sp³-hybridized carbons (Fsp3) is 0.714. The van der Waals surface area contributed by atoms with E-state index in [4.69, 9.17) is 9.47 Å². The first kappa shape index (κ1) is 16.7. The lowest BCUT2D eigenvalue weighted by molar-refractivity contribution is -0.254. The van der Waals surface area contributed by atoms with Crippen molar-refractivity contribution in [3.05, 3.63) is 30.1 Å². The molecule has 3 saturated heterocycles. The number of nitrogens with zero attached hydrogens (tertiary/aromatic N) is 2. The Morgan fingerprint density at radius 3 is 2.85 bits per heavy atom. The number of ether oxygens (including phenoxy) is 2. The summed E-state index contributed by atoms with van der Waals surface area (Å²) in [6.45, 7) is 6.98. The second-order valence-electron chi connectivity index (χ2n) is 8.94. The third kappa shape index (κ3) is 2.10. The van der Waals surface area contributed by atoms with Crippen molar-refractivity contribution in [2.24, 2.45) is 23.7 Å². The number of likely N-dealkylation sites (tertiary alicyclic amines) is 1. The van der Waals surface area contributed by atoms with Gasteiger partial charge in [0.2, 0.25) is 5.91 Å². The number of amides is 1. The summed E-state index contributed by atoms with van der Waals surface area (Å²) in [5, 5.41) is 0. The lowest BCUT2D eigenvalue weighted by Crippen LogP contribution is -2.70. The molecule has 1 aromatic heterocycles. The first-order valence-electron chi connectivity index (χ1n) is 10.0. The van der Waals surface area contributed by atoms with Crippen LogP contribution in [-0.4, -0.2) is 33.4 Å². The highest BCUT2D eigenvalue weighted by atomic mass is 16.8. The van der Waals surface area contributed by atoms with Gasteiger partial charge in [0.15, 0.2) is 12.0 Å². The Balaban J connectivity index is 1.59. The summed E-state index contributed by atoms with van der Waals surface area (Å²) in [7, 11) is 0. The molecular weight excluding hydrogens is 328 g/mol. The van der Waals surface area contributed by atoms with Crippen LogP contribution in [0.5, 0.6) is 0 Å². The van der Waals surface area contributed by atoms with Crippen molar-refractivity contribution in [1.82, 2.24) is 9.88 Å². The van der Waals surface area contributed by atoms with E-state index in [1.807, 2.05) is 23.1 Å². The number of hydrogen-bond donors (Lipinski definition) is 0. The van der Waals surface area contributed by atoms with Crippen LogP contribution in [0.1, 0.15) is 52.1 Å². The third-order valence-corrected chi connectivity index (χ3v) is 7.45. The monoisotopic (exact) mass is 356 g/mol. The topological polar surface area (TPSA) is 51.7 Å². The molecule has 0 N–H and O–H groups in total. The van der Waals surface area contributed by atoms with Gasteiger partial charge in [-0.1, -0.05) is 19.9 Å². The molecule has 4 aliphatic rings. The fourth-order valence-corrected chi connectivity index (χ4v) is 6.25. The van der Waals surface area contributed by atoms with E-state index in [1.54, 1.807) is 6.20 Å². The molecule has 0 radical (unpaired) electrons. The molecular formula is C21H28N2O3. The summed E-state index contributed by atoms with van der Waals surface area (Å²) in [5.41, 5.74) is 0.547. The highest BCUT2D eigenvalue weighted by Gasteiger charge is 2.72. The summed E-state index contributed by atoms with van der Waals surface area (Å²) in [6.07, 6.45) is 5.76. The summed E-state index contributed by atoms with van der Waals surface area (Å²) in [4.78, 5) is 19.7. The largest absolute Gasteiger partial charge is 0.338 e.